The van der Waals surface area contributed by atoms with Crippen molar-refractivity contribution in [2.24, 2.45) is 17.8 Å². The standard InChI is InChI=1S/C36H37N3O5/c1-23(2)20-28(22-40)39-32-35(43)38(27-16-15-24-10-6-7-11-25(24)21-27)19-9-17-36(32)31(34(39)42)30-29(44-36)14-8-18-37(33(30)41)26-12-4-3-5-13-26/h3-17,21,23,28-32,40H,18-20,22H2,1-2H3/t28-,29-,30+,31+,32?,36+/m1/s1. The number of carbonyl (C=O) groups excluding carboxylic acids is 3. The molecule has 3 aromatic carbocycles. The third kappa shape index (κ3) is 4.39. The van der Waals surface area contributed by atoms with E-state index in [0.717, 1.165) is 16.5 Å². The Morgan fingerprint density at radius 2 is 1.55 bits per heavy atom. The van der Waals surface area contributed by atoms with Gasteiger partial charge in [-0.3, -0.25) is 14.4 Å². The number of hydrogen-bond donors (Lipinski definition) is 1. The Bertz CT molecular complexity index is 1670. The maximum atomic E-state index is 14.8. The molecule has 2 fully saturated rings. The van der Waals surface area contributed by atoms with Gasteiger partial charge in [-0.2, -0.15) is 0 Å². The number of anilines is 2. The average molecular weight is 592 g/mol. The number of aliphatic hydroxyl groups is 1. The van der Waals surface area contributed by atoms with Crippen molar-refractivity contribution >= 4 is 39.9 Å². The fourth-order valence-electron chi connectivity index (χ4n) is 7.71. The lowest BCUT2D eigenvalue weighted by Crippen LogP contribution is -2.58. The zero-order valence-electron chi connectivity index (χ0n) is 25.0. The van der Waals surface area contributed by atoms with Gasteiger partial charge < -0.3 is 24.5 Å². The lowest BCUT2D eigenvalue weighted by molar-refractivity contribution is -0.144. The first-order valence-corrected chi connectivity index (χ1v) is 15.5. The first kappa shape index (κ1) is 28.5. The molecule has 8 heteroatoms. The summed E-state index contributed by atoms with van der Waals surface area (Å²) in [6.45, 7) is 4.40. The summed E-state index contributed by atoms with van der Waals surface area (Å²) < 4.78 is 6.81. The Balaban J connectivity index is 1.34. The van der Waals surface area contributed by atoms with Gasteiger partial charge in [0.15, 0.2) is 0 Å². The average Bonchev–Trinajstić information content (AvgIpc) is 3.35. The molecule has 4 aliphatic heterocycles. The van der Waals surface area contributed by atoms with Gasteiger partial charge in [-0.15, -0.1) is 0 Å². The van der Waals surface area contributed by atoms with E-state index in [4.69, 9.17) is 4.74 Å². The van der Waals surface area contributed by atoms with Gasteiger partial charge in [0.25, 0.3) is 5.91 Å². The van der Waals surface area contributed by atoms with Crippen LogP contribution in [0.4, 0.5) is 11.4 Å². The van der Waals surface area contributed by atoms with Crippen LogP contribution in [-0.4, -0.2) is 71.2 Å². The molecule has 0 radical (unpaired) electrons. The van der Waals surface area contributed by atoms with Crippen molar-refractivity contribution in [1.82, 2.24) is 4.90 Å². The van der Waals surface area contributed by atoms with Crippen molar-refractivity contribution in [2.45, 2.75) is 44.1 Å². The van der Waals surface area contributed by atoms with Crippen molar-refractivity contribution in [1.29, 1.82) is 0 Å². The van der Waals surface area contributed by atoms with E-state index in [-0.39, 0.29) is 36.8 Å². The van der Waals surface area contributed by atoms with Crippen LogP contribution in [0.5, 0.6) is 0 Å². The van der Waals surface area contributed by atoms with Crippen molar-refractivity contribution in [3.05, 3.63) is 97.1 Å². The molecule has 6 atom stereocenters. The Morgan fingerprint density at radius 3 is 2.30 bits per heavy atom. The van der Waals surface area contributed by atoms with E-state index in [1.165, 1.54) is 0 Å². The number of hydrogen-bond acceptors (Lipinski definition) is 5. The van der Waals surface area contributed by atoms with Crippen LogP contribution in [-0.2, 0) is 19.1 Å². The first-order valence-electron chi connectivity index (χ1n) is 15.5. The molecule has 3 amide bonds. The SMILES string of the molecule is CC(C)C[C@H](CO)N1C(=O)[C@@H]2[C@H]3C(=O)N(c4ccccc4)CC=C[C@H]3O[C@@]23C=CCN(c2ccc4ccccc4c2)C(=O)C13. The molecule has 0 aromatic heterocycles. The van der Waals surface area contributed by atoms with E-state index < -0.39 is 35.6 Å². The maximum absolute atomic E-state index is 14.8. The zero-order chi connectivity index (χ0) is 30.6. The van der Waals surface area contributed by atoms with E-state index in [1.807, 2.05) is 111 Å². The van der Waals surface area contributed by atoms with Gasteiger partial charge in [-0.1, -0.05) is 86.7 Å². The number of para-hydroxylation sites is 1. The lowest BCUT2D eigenvalue weighted by atomic mass is 9.77. The van der Waals surface area contributed by atoms with Gasteiger partial charge in [0.05, 0.1) is 30.6 Å². The van der Waals surface area contributed by atoms with Crippen LogP contribution >= 0.6 is 0 Å². The maximum Gasteiger partial charge on any atom is 0.253 e. The quantitative estimate of drug-likeness (QED) is 0.431. The third-order valence-electron chi connectivity index (χ3n) is 9.56. The van der Waals surface area contributed by atoms with Crippen molar-refractivity contribution in [2.75, 3.05) is 29.5 Å². The molecule has 0 saturated carbocycles. The molecule has 1 unspecified atom stereocenters. The molecule has 226 valence electrons. The van der Waals surface area contributed by atoms with E-state index in [1.54, 1.807) is 14.7 Å². The highest BCUT2D eigenvalue weighted by molar-refractivity contribution is 6.08. The summed E-state index contributed by atoms with van der Waals surface area (Å²) in [6, 6.07) is 21.6. The van der Waals surface area contributed by atoms with Crippen molar-refractivity contribution in [3.8, 4) is 0 Å². The van der Waals surface area contributed by atoms with Crippen LogP contribution in [0.15, 0.2) is 97.1 Å². The number of likely N-dealkylation sites (tertiary alicyclic amines) is 1. The Kier molecular flexibility index (Phi) is 7.14. The number of aliphatic hydroxyl groups excluding tert-OH is 1. The number of fused-ring (bicyclic) bond motifs is 3. The molecule has 44 heavy (non-hydrogen) atoms. The summed E-state index contributed by atoms with van der Waals surface area (Å²) in [7, 11) is 0. The molecular weight excluding hydrogens is 554 g/mol. The number of ether oxygens (including phenoxy) is 1. The molecule has 0 bridgehead atoms. The number of nitrogens with zero attached hydrogens (tertiary/aromatic N) is 3. The van der Waals surface area contributed by atoms with Gasteiger partial charge in [-0.25, -0.2) is 0 Å². The second-order valence-electron chi connectivity index (χ2n) is 12.6. The molecule has 4 aliphatic rings. The fourth-order valence-corrected chi connectivity index (χ4v) is 7.71. The smallest absolute Gasteiger partial charge is 0.253 e. The van der Waals surface area contributed by atoms with Gasteiger partial charge in [0.1, 0.15) is 11.6 Å². The summed E-state index contributed by atoms with van der Waals surface area (Å²) in [6.07, 6.45) is 7.36. The second kappa shape index (κ2) is 11.0. The molecule has 0 aliphatic carbocycles. The summed E-state index contributed by atoms with van der Waals surface area (Å²) in [5.74, 6) is -2.39. The number of rotatable bonds is 6. The van der Waals surface area contributed by atoms with Gasteiger partial charge in [0.2, 0.25) is 11.8 Å². The van der Waals surface area contributed by atoms with Crippen LogP contribution in [0.25, 0.3) is 10.8 Å². The zero-order valence-corrected chi connectivity index (χ0v) is 25.0. The van der Waals surface area contributed by atoms with Crippen LogP contribution in [0.2, 0.25) is 0 Å². The van der Waals surface area contributed by atoms with Crippen LogP contribution < -0.4 is 9.80 Å². The van der Waals surface area contributed by atoms with Crippen LogP contribution in [0.1, 0.15) is 20.3 Å². The van der Waals surface area contributed by atoms with Crippen molar-refractivity contribution in [3.63, 3.8) is 0 Å². The minimum absolute atomic E-state index is 0.161. The van der Waals surface area contributed by atoms with E-state index in [2.05, 4.69) is 0 Å². The summed E-state index contributed by atoms with van der Waals surface area (Å²) in [4.78, 5) is 48.8. The summed E-state index contributed by atoms with van der Waals surface area (Å²) in [5, 5.41) is 12.7. The summed E-state index contributed by atoms with van der Waals surface area (Å²) >= 11 is 0. The van der Waals surface area contributed by atoms with E-state index in [0.29, 0.717) is 18.7 Å². The molecule has 3 aromatic rings. The van der Waals surface area contributed by atoms with Crippen molar-refractivity contribution < 1.29 is 24.2 Å². The molecular formula is C36H37N3O5. The van der Waals surface area contributed by atoms with Gasteiger partial charge >= 0.3 is 0 Å². The Labute approximate surface area is 257 Å². The predicted octanol–water partition coefficient (Wildman–Crippen LogP) is 4.33. The Hall–Kier alpha value is -4.27. The topological polar surface area (TPSA) is 90.4 Å². The lowest BCUT2D eigenvalue weighted by Gasteiger charge is -2.39. The van der Waals surface area contributed by atoms with Crippen LogP contribution in [0, 0.1) is 17.8 Å². The highest BCUT2D eigenvalue weighted by Gasteiger charge is 2.72. The van der Waals surface area contributed by atoms with E-state index >= 15 is 0 Å². The van der Waals surface area contributed by atoms with Gasteiger partial charge in [0, 0.05) is 24.5 Å². The predicted molar refractivity (Wildman–Crippen MR) is 169 cm³/mol. The summed E-state index contributed by atoms with van der Waals surface area (Å²) in [5.41, 5.74) is 0.0962. The number of benzene rings is 3. The minimum atomic E-state index is -1.36. The molecule has 4 heterocycles. The normalized spacial score (nSPS) is 28.7. The third-order valence-corrected chi connectivity index (χ3v) is 9.56. The number of carbonyl (C=O) groups is 3. The van der Waals surface area contributed by atoms with Gasteiger partial charge in [-0.05, 0) is 47.4 Å². The van der Waals surface area contributed by atoms with Crippen LogP contribution in [0.3, 0.4) is 0 Å². The minimum Gasteiger partial charge on any atom is -0.394 e. The fraction of sp³-hybridized carbons (Fsp3) is 0.361. The Morgan fingerprint density at radius 1 is 0.841 bits per heavy atom. The molecule has 8 nitrogen and oxygen atoms in total. The highest BCUT2D eigenvalue weighted by Crippen LogP contribution is 2.54. The highest BCUT2D eigenvalue weighted by atomic mass is 16.5. The molecule has 7 rings (SSSR count). The first-order chi connectivity index (χ1) is 21.3. The van der Waals surface area contributed by atoms with E-state index in [9.17, 15) is 19.5 Å². The largest absolute Gasteiger partial charge is 0.394 e. The monoisotopic (exact) mass is 591 g/mol. The molecule has 2 saturated heterocycles. The molecule has 1 spiro atoms. The number of amides is 3. The molecule has 1 N–H and O–H groups in total. The second-order valence-corrected chi connectivity index (χ2v) is 12.6.